The maximum atomic E-state index is 13.0. The lowest BCUT2D eigenvalue weighted by Crippen LogP contribution is -2.25. The number of benzene rings is 1. The lowest BCUT2D eigenvalue weighted by Gasteiger charge is -2.19. The molecule has 2 aromatic rings. The Hall–Kier alpha value is -1.74. The molecule has 1 aromatic carbocycles. The third-order valence-electron chi connectivity index (χ3n) is 3.43. The van der Waals surface area contributed by atoms with Gasteiger partial charge in [-0.25, -0.2) is 4.39 Å². The van der Waals surface area contributed by atoms with Crippen LogP contribution < -0.4 is 5.32 Å². The summed E-state index contributed by atoms with van der Waals surface area (Å²) < 4.78 is 13.0. The normalized spacial score (nSPS) is 12.3. The highest BCUT2D eigenvalue weighted by molar-refractivity contribution is 5.27. The zero-order valence-corrected chi connectivity index (χ0v) is 12.1. The fourth-order valence-corrected chi connectivity index (χ4v) is 2.25. The summed E-state index contributed by atoms with van der Waals surface area (Å²) in [7, 11) is 0. The first-order valence-corrected chi connectivity index (χ1v) is 7.10. The number of halogens is 1. The van der Waals surface area contributed by atoms with Gasteiger partial charge in [0.1, 0.15) is 5.82 Å². The quantitative estimate of drug-likeness (QED) is 0.865. The second kappa shape index (κ2) is 7.15. The van der Waals surface area contributed by atoms with E-state index in [-0.39, 0.29) is 11.9 Å². The van der Waals surface area contributed by atoms with Crippen LogP contribution in [0.15, 0.2) is 42.6 Å². The van der Waals surface area contributed by atoms with E-state index < -0.39 is 0 Å². The number of aryl methyl sites for hydroxylation is 1. The van der Waals surface area contributed by atoms with Gasteiger partial charge in [0.2, 0.25) is 0 Å². The predicted octanol–water partition coefficient (Wildman–Crippen LogP) is 3.81. The van der Waals surface area contributed by atoms with E-state index in [0.29, 0.717) is 0 Å². The second-order valence-electron chi connectivity index (χ2n) is 5.04. The molecule has 0 aliphatic rings. The smallest absolute Gasteiger partial charge is 0.141 e. The van der Waals surface area contributed by atoms with Gasteiger partial charge in [0.05, 0.1) is 17.9 Å². The predicted molar refractivity (Wildman–Crippen MR) is 80.1 cm³/mol. The van der Waals surface area contributed by atoms with Crippen molar-refractivity contribution >= 4 is 0 Å². The van der Waals surface area contributed by atoms with Crippen LogP contribution in [0.1, 0.15) is 36.2 Å². The van der Waals surface area contributed by atoms with Crippen LogP contribution in [0, 0.1) is 12.7 Å². The third-order valence-corrected chi connectivity index (χ3v) is 3.43. The Morgan fingerprint density at radius 3 is 2.65 bits per heavy atom. The maximum Gasteiger partial charge on any atom is 0.141 e. The van der Waals surface area contributed by atoms with Crippen molar-refractivity contribution in [2.24, 2.45) is 0 Å². The molecule has 2 rings (SSSR count). The molecule has 2 nitrogen and oxygen atoms in total. The largest absolute Gasteiger partial charge is 0.308 e. The van der Waals surface area contributed by atoms with Gasteiger partial charge in [-0.3, -0.25) is 4.98 Å². The van der Waals surface area contributed by atoms with Gasteiger partial charge in [-0.15, -0.1) is 0 Å². The Kier molecular flexibility index (Phi) is 5.24. The van der Waals surface area contributed by atoms with E-state index in [9.17, 15) is 4.39 Å². The zero-order valence-electron chi connectivity index (χ0n) is 12.1. The van der Waals surface area contributed by atoms with Crippen molar-refractivity contribution in [3.05, 3.63) is 65.2 Å². The van der Waals surface area contributed by atoms with Crippen molar-refractivity contribution in [1.29, 1.82) is 0 Å². The Labute approximate surface area is 120 Å². The van der Waals surface area contributed by atoms with Crippen molar-refractivity contribution < 1.29 is 4.39 Å². The molecular formula is C17H21FN2. The van der Waals surface area contributed by atoms with Crippen LogP contribution in [-0.4, -0.2) is 11.5 Å². The van der Waals surface area contributed by atoms with Gasteiger partial charge in [0.25, 0.3) is 0 Å². The summed E-state index contributed by atoms with van der Waals surface area (Å²) in [4.78, 5) is 4.22. The van der Waals surface area contributed by atoms with Gasteiger partial charge in [-0.05, 0) is 49.6 Å². The molecule has 1 N–H and O–H groups in total. The lowest BCUT2D eigenvalue weighted by atomic mass is 9.99. The average molecular weight is 272 g/mol. The standard InChI is InChI=1S/C17H21FN2/c1-3-10-19-17(16-9-8-15(18)12-20-16)11-14-7-5-4-6-13(14)2/h4-9,12,17,19H,3,10-11H2,1-2H3. The van der Waals surface area contributed by atoms with Gasteiger partial charge < -0.3 is 5.32 Å². The van der Waals surface area contributed by atoms with Crippen molar-refractivity contribution in [3.8, 4) is 0 Å². The summed E-state index contributed by atoms with van der Waals surface area (Å²) in [6, 6.07) is 11.7. The molecule has 1 unspecified atom stereocenters. The fourth-order valence-electron chi connectivity index (χ4n) is 2.25. The van der Waals surface area contributed by atoms with Crippen molar-refractivity contribution in [2.45, 2.75) is 32.7 Å². The first-order chi connectivity index (χ1) is 9.70. The van der Waals surface area contributed by atoms with Crippen LogP contribution in [0.5, 0.6) is 0 Å². The minimum absolute atomic E-state index is 0.122. The molecule has 1 heterocycles. The molecular weight excluding hydrogens is 251 g/mol. The summed E-state index contributed by atoms with van der Waals surface area (Å²) >= 11 is 0. The van der Waals surface area contributed by atoms with Crippen LogP contribution in [0.2, 0.25) is 0 Å². The van der Waals surface area contributed by atoms with Gasteiger partial charge in [-0.1, -0.05) is 31.2 Å². The minimum atomic E-state index is -0.293. The fraction of sp³-hybridized carbons (Fsp3) is 0.353. The van der Waals surface area contributed by atoms with Crippen LogP contribution in [0.25, 0.3) is 0 Å². The number of nitrogens with one attached hydrogen (secondary N) is 1. The highest BCUT2D eigenvalue weighted by Crippen LogP contribution is 2.19. The monoisotopic (exact) mass is 272 g/mol. The Morgan fingerprint density at radius 1 is 1.20 bits per heavy atom. The SMILES string of the molecule is CCCNC(Cc1ccccc1C)c1ccc(F)cn1. The van der Waals surface area contributed by atoms with E-state index in [1.54, 1.807) is 6.07 Å². The van der Waals surface area contributed by atoms with Crippen molar-refractivity contribution in [2.75, 3.05) is 6.54 Å². The molecule has 1 atom stereocenters. The molecule has 106 valence electrons. The van der Waals surface area contributed by atoms with Gasteiger partial charge in [0.15, 0.2) is 0 Å². The molecule has 20 heavy (non-hydrogen) atoms. The number of hydrogen-bond donors (Lipinski definition) is 1. The van der Waals surface area contributed by atoms with Gasteiger partial charge in [0, 0.05) is 0 Å². The lowest BCUT2D eigenvalue weighted by molar-refractivity contribution is 0.513. The molecule has 0 radical (unpaired) electrons. The molecule has 0 fully saturated rings. The summed E-state index contributed by atoms with van der Waals surface area (Å²) in [6.45, 7) is 5.18. The zero-order chi connectivity index (χ0) is 14.4. The van der Waals surface area contributed by atoms with E-state index >= 15 is 0 Å². The van der Waals surface area contributed by atoms with E-state index in [4.69, 9.17) is 0 Å². The molecule has 0 aliphatic carbocycles. The first-order valence-electron chi connectivity index (χ1n) is 7.10. The topological polar surface area (TPSA) is 24.9 Å². The molecule has 0 spiro atoms. The number of pyridine rings is 1. The highest BCUT2D eigenvalue weighted by atomic mass is 19.1. The van der Waals surface area contributed by atoms with Gasteiger partial charge >= 0.3 is 0 Å². The van der Waals surface area contributed by atoms with E-state index in [2.05, 4.69) is 42.3 Å². The number of hydrogen-bond acceptors (Lipinski definition) is 2. The van der Waals surface area contributed by atoms with Crippen LogP contribution in [-0.2, 0) is 6.42 Å². The minimum Gasteiger partial charge on any atom is -0.308 e. The molecule has 3 heteroatoms. The van der Waals surface area contributed by atoms with E-state index in [1.165, 1.54) is 23.4 Å². The Balaban J connectivity index is 2.19. The Morgan fingerprint density at radius 2 is 2.00 bits per heavy atom. The summed E-state index contributed by atoms with van der Waals surface area (Å²) in [5.41, 5.74) is 3.47. The summed E-state index contributed by atoms with van der Waals surface area (Å²) in [5.74, 6) is -0.293. The third kappa shape index (κ3) is 3.87. The van der Waals surface area contributed by atoms with Crippen molar-refractivity contribution in [3.63, 3.8) is 0 Å². The first kappa shape index (κ1) is 14.7. The molecule has 0 bridgehead atoms. The molecule has 0 aliphatic heterocycles. The molecule has 0 amide bonds. The molecule has 0 saturated carbocycles. The second-order valence-corrected chi connectivity index (χ2v) is 5.04. The van der Waals surface area contributed by atoms with Crippen LogP contribution in [0.4, 0.5) is 4.39 Å². The van der Waals surface area contributed by atoms with E-state index in [1.807, 2.05) is 6.07 Å². The number of aromatic nitrogens is 1. The van der Waals surface area contributed by atoms with Crippen molar-refractivity contribution in [1.82, 2.24) is 10.3 Å². The molecule has 1 aromatic heterocycles. The maximum absolute atomic E-state index is 13.0. The number of rotatable bonds is 6. The number of nitrogens with zero attached hydrogens (tertiary/aromatic N) is 1. The highest BCUT2D eigenvalue weighted by Gasteiger charge is 2.14. The summed E-state index contributed by atoms with van der Waals surface area (Å²) in [6.07, 6.45) is 3.21. The van der Waals surface area contributed by atoms with Crippen LogP contribution >= 0.6 is 0 Å². The van der Waals surface area contributed by atoms with Gasteiger partial charge in [-0.2, -0.15) is 0 Å². The average Bonchev–Trinajstić information content (AvgIpc) is 2.46. The van der Waals surface area contributed by atoms with E-state index in [0.717, 1.165) is 25.1 Å². The molecule has 0 saturated heterocycles. The van der Waals surface area contributed by atoms with Crippen LogP contribution in [0.3, 0.4) is 0 Å². The Bertz CT molecular complexity index is 537. The summed E-state index contributed by atoms with van der Waals surface area (Å²) in [5, 5.41) is 3.50.